The van der Waals surface area contributed by atoms with E-state index in [0.717, 1.165) is 16.0 Å². The number of rotatable bonds is 2. The molecule has 0 saturated heterocycles. The number of ether oxygens (including phenoxy) is 2. The van der Waals surface area contributed by atoms with Crippen LogP contribution in [0.25, 0.3) is 0 Å². The smallest absolute Gasteiger partial charge is 0.162 e. The fourth-order valence-electron chi connectivity index (χ4n) is 1.06. The molecule has 0 aromatic heterocycles. The molecule has 0 unspecified atom stereocenters. The highest BCUT2D eigenvalue weighted by molar-refractivity contribution is 9.10. The molecule has 0 N–H and O–H groups in total. The lowest BCUT2D eigenvalue weighted by atomic mass is 10.2. The first-order valence-electron chi connectivity index (χ1n) is 4.45. The molecule has 0 spiro atoms. The van der Waals surface area contributed by atoms with Crippen LogP contribution in [0.3, 0.4) is 0 Å². The summed E-state index contributed by atoms with van der Waals surface area (Å²) >= 11 is 3.38. The zero-order valence-electron chi connectivity index (χ0n) is 8.93. The van der Waals surface area contributed by atoms with Crippen molar-refractivity contribution in [1.29, 1.82) is 0 Å². The minimum atomic E-state index is -0.207. The molecule has 0 amide bonds. The third-order valence-corrected chi connectivity index (χ3v) is 2.04. The van der Waals surface area contributed by atoms with Crippen LogP contribution in [0.2, 0.25) is 0 Å². The SMILES string of the molecule is COc1cc(Br)ccc1OC(C)(C)C. The molecule has 0 fully saturated rings. The summed E-state index contributed by atoms with van der Waals surface area (Å²) in [5.41, 5.74) is -0.207. The highest BCUT2D eigenvalue weighted by Gasteiger charge is 2.14. The molecule has 0 aliphatic carbocycles. The maximum Gasteiger partial charge on any atom is 0.162 e. The average molecular weight is 259 g/mol. The van der Waals surface area contributed by atoms with E-state index in [1.165, 1.54) is 0 Å². The average Bonchev–Trinajstić information content (AvgIpc) is 2.06. The van der Waals surface area contributed by atoms with Crippen LogP contribution in [0.4, 0.5) is 0 Å². The van der Waals surface area contributed by atoms with E-state index in [0.29, 0.717) is 0 Å². The Morgan fingerprint density at radius 1 is 1.14 bits per heavy atom. The molecule has 78 valence electrons. The Morgan fingerprint density at radius 3 is 2.29 bits per heavy atom. The van der Waals surface area contributed by atoms with Gasteiger partial charge in [-0.2, -0.15) is 0 Å². The number of halogens is 1. The van der Waals surface area contributed by atoms with E-state index in [-0.39, 0.29) is 5.60 Å². The van der Waals surface area contributed by atoms with Crippen LogP contribution in [0.15, 0.2) is 22.7 Å². The summed E-state index contributed by atoms with van der Waals surface area (Å²) in [5, 5.41) is 0. The van der Waals surface area contributed by atoms with Crippen LogP contribution in [0, 0.1) is 0 Å². The summed E-state index contributed by atoms with van der Waals surface area (Å²) in [6.45, 7) is 6.03. The van der Waals surface area contributed by atoms with Crippen molar-refractivity contribution >= 4 is 15.9 Å². The molecule has 3 heteroatoms. The second kappa shape index (κ2) is 4.22. The van der Waals surface area contributed by atoms with E-state index in [4.69, 9.17) is 9.47 Å². The maximum atomic E-state index is 5.73. The summed E-state index contributed by atoms with van der Waals surface area (Å²) in [7, 11) is 1.64. The molecule has 0 aliphatic rings. The van der Waals surface area contributed by atoms with Crippen LogP contribution in [0.5, 0.6) is 11.5 Å². The van der Waals surface area contributed by atoms with Crippen molar-refractivity contribution in [3.8, 4) is 11.5 Å². The van der Waals surface area contributed by atoms with Crippen molar-refractivity contribution in [2.45, 2.75) is 26.4 Å². The van der Waals surface area contributed by atoms with Crippen LogP contribution in [0.1, 0.15) is 20.8 Å². The van der Waals surface area contributed by atoms with Crippen LogP contribution < -0.4 is 9.47 Å². The van der Waals surface area contributed by atoms with Crippen molar-refractivity contribution in [2.24, 2.45) is 0 Å². The second-order valence-corrected chi connectivity index (χ2v) is 4.93. The molecule has 0 radical (unpaired) electrons. The van der Waals surface area contributed by atoms with E-state index >= 15 is 0 Å². The molecule has 1 aromatic rings. The Labute approximate surface area is 93.4 Å². The van der Waals surface area contributed by atoms with E-state index in [1.54, 1.807) is 7.11 Å². The van der Waals surface area contributed by atoms with Crippen molar-refractivity contribution in [2.75, 3.05) is 7.11 Å². The van der Waals surface area contributed by atoms with Gasteiger partial charge in [0.1, 0.15) is 5.60 Å². The van der Waals surface area contributed by atoms with Crippen LogP contribution in [-0.4, -0.2) is 12.7 Å². The minimum absolute atomic E-state index is 0.207. The van der Waals surface area contributed by atoms with Gasteiger partial charge >= 0.3 is 0 Å². The fourth-order valence-corrected chi connectivity index (χ4v) is 1.40. The molecule has 1 rings (SSSR count). The zero-order chi connectivity index (χ0) is 10.8. The molecule has 2 nitrogen and oxygen atoms in total. The second-order valence-electron chi connectivity index (χ2n) is 4.01. The summed E-state index contributed by atoms with van der Waals surface area (Å²) in [5.74, 6) is 1.51. The highest BCUT2D eigenvalue weighted by atomic mass is 79.9. The Bertz CT molecular complexity index is 316. The maximum absolute atomic E-state index is 5.73. The van der Waals surface area contributed by atoms with Crippen molar-refractivity contribution in [1.82, 2.24) is 0 Å². The van der Waals surface area contributed by atoms with Gasteiger partial charge in [-0.25, -0.2) is 0 Å². The van der Waals surface area contributed by atoms with Gasteiger partial charge in [0.25, 0.3) is 0 Å². The summed E-state index contributed by atoms with van der Waals surface area (Å²) in [6, 6.07) is 5.72. The van der Waals surface area contributed by atoms with Gasteiger partial charge in [-0.05, 0) is 39.0 Å². The van der Waals surface area contributed by atoms with Gasteiger partial charge in [-0.3, -0.25) is 0 Å². The lowest BCUT2D eigenvalue weighted by Gasteiger charge is -2.22. The summed E-state index contributed by atoms with van der Waals surface area (Å²) in [6.07, 6.45) is 0. The fraction of sp³-hybridized carbons (Fsp3) is 0.455. The highest BCUT2D eigenvalue weighted by Crippen LogP contribution is 2.32. The third-order valence-electron chi connectivity index (χ3n) is 1.54. The molecular weight excluding hydrogens is 244 g/mol. The topological polar surface area (TPSA) is 18.5 Å². The summed E-state index contributed by atoms with van der Waals surface area (Å²) in [4.78, 5) is 0. The van der Waals surface area contributed by atoms with Crippen molar-refractivity contribution < 1.29 is 9.47 Å². The van der Waals surface area contributed by atoms with Gasteiger partial charge in [0, 0.05) is 4.47 Å². The van der Waals surface area contributed by atoms with Gasteiger partial charge in [-0.1, -0.05) is 15.9 Å². The van der Waals surface area contributed by atoms with Gasteiger partial charge in [0.2, 0.25) is 0 Å². The number of benzene rings is 1. The predicted molar refractivity (Wildman–Crippen MR) is 61.1 cm³/mol. The van der Waals surface area contributed by atoms with Gasteiger partial charge < -0.3 is 9.47 Å². The quantitative estimate of drug-likeness (QED) is 0.807. The monoisotopic (exact) mass is 258 g/mol. The summed E-state index contributed by atoms with van der Waals surface area (Å²) < 4.78 is 11.9. The molecule has 0 aliphatic heterocycles. The normalized spacial score (nSPS) is 11.2. The molecular formula is C11H15BrO2. The Morgan fingerprint density at radius 2 is 1.79 bits per heavy atom. The third kappa shape index (κ3) is 3.22. The zero-order valence-corrected chi connectivity index (χ0v) is 10.5. The van der Waals surface area contributed by atoms with E-state index in [9.17, 15) is 0 Å². The Kier molecular flexibility index (Phi) is 3.43. The molecule has 0 bridgehead atoms. The standard InChI is InChI=1S/C11H15BrO2/c1-11(2,3)14-9-6-5-8(12)7-10(9)13-4/h5-7H,1-4H3. The van der Waals surface area contributed by atoms with E-state index in [1.807, 2.05) is 39.0 Å². The van der Waals surface area contributed by atoms with E-state index in [2.05, 4.69) is 15.9 Å². The molecule has 0 heterocycles. The minimum Gasteiger partial charge on any atom is -0.493 e. The lowest BCUT2D eigenvalue weighted by Crippen LogP contribution is -2.23. The molecule has 14 heavy (non-hydrogen) atoms. The Balaban J connectivity index is 2.97. The van der Waals surface area contributed by atoms with E-state index < -0.39 is 0 Å². The first-order chi connectivity index (χ1) is 6.42. The number of hydrogen-bond acceptors (Lipinski definition) is 2. The number of hydrogen-bond donors (Lipinski definition) is 0. The van der Waals surface area contributed by atoms with Crippen LogP contribution in [-0.2, 0) is 0 Å². The number of methoxy groups -OCH3 is 1. The first-order valence-corrected chi connectivity index (χ1v) is 5.24. The largest absolute Gasteiger partial charge is 0.493 e. The molecule has 0 atom stereocenters. The Hall–Kier alpha value is -0.700. The van der Waals surface area contributed by atoms with Crippen molar-refractivity contribution in [3.05, 3.63) is 22.7 Å². The molecule has 0 saturated carbocycles. The van der Waals surface area contributed by atoms with Gasteiger partial charge in [0.05, 0.1) is 7.11 Å². The van der Waals surface area contributed by atoms with Crippen molar-refractivity contribution in [3.63, 3.8) is 0 Å². The molecule has 1 aromatic carbocycles. The van der Waals surface area contributed by atoms with Gasteiger partial charge in [-0.15, -0.1) is 0 Å². The first kappa shape index (κ1) is 11.4. The van der Waals surface area contributed by atoms with Crippen LogP contribution >= 0.6 is 15.9 Å². The lowest BCUT2D eigenvalue weighted by molar-refractivity contribution is 0.125. The predicted octanol–water partition coefficient (Wildman–Crippen LogP) is 3.64. The van der Waals surface area contributed by atoms with Gasteiger partial charge in [0.15, 0.2) is 11.5 Å².